The highest BCUT2D eigenvalue weighted by molar-refractivity contribution is 6.23. The Kier molecular flexibility index (Phi) is 8.95. The van der Waals surface area contributed by atoms with Gasteiger partial charge in [0.1, 0.15) is 23.3 Å². The minimum absolute atomic E-state index is 0.0106. The van der Waals surface area contributed by atoms with Crippen LogP contribution in [0.1, 0.15) is 32.3 Å². The molecule has 1 fully saturated rings. The zero-order chi connectivity index (χ0) is 23.8. The summed E-state index contributed by atoms with van der Waals surface area (Å²) in [5.41, 5.74) is 11.9. The Morgan fingerprint density at radius 1 is 1.16 bits per heavy atom. The number of allylic oxidation sites excluding steroid dienone is 2. The molecule has 1 aromatic rings. The Bertz CT molecular complexity index is 969. The van der Waals surface area contributed by atoms with Gasteiger partial charge in [-0.05, 0) is 57.3 Å². The van der Waals surface area contributed by atoms with Crippen molar-refractivity contribution in [2.45, 2.75) is 32.7 Å². The van der Waals surface area contributed by atoms with Crippen LogP contribution >= 0.6 is 0 Å². The number of hydrogen-bond acceptors (Lipinski definition) is 5. The molecule has 6 N–H and O–H groups in total. The lowest BCUT2D eigenvalue weighted by atomic mass is 10.00. The average Bonchev–Trinajstić information content (AvgIpc) is 2.73. The molecule has 0 radical (unpaired) electrons. The fourth-order valence-corrected chi connectivity index (χ4v) is 3.01. The Morgan fingerprint density at radius 3 is 2.41 bits per heavy atom. The van der Waals surface area contributed by atoms with Crippen LogP contribution in [-0.2, 0) is 0 Å². The van der Waals surface area contributed by atoms with E-state index in [0.717, 1.165) is 38.1 Å². The first kappa shape index (κ1) is 25.1. The summed E-state index contributed by atoms with van der Waals surface area (Å²) in [6.45, 7) is 5.54. The zero-order valence-corrected chi connectivity index (χ0v) is 18.7. The Labute approximate surface area is 187 Å². The van der Waals surface area contributed by atoms with E-state index in [2.05, 4.69) is 14.9 Å². The summed E-state index contributed by atoms with van der Waals surface area (Å²) in [6, 6.07) is 3.07. The van der Waals surface area contributed by atoms with Gasteiger partial charge >= 0.3 is 0 Å². The standard InChI is InChI=1S/C23H31F2N7/c1-14(2)23(29)31-21(27)7-6-20(26)18(13-30-16-8-10-32(3)11-9-16)22(28)17-5-4-15(24)12-19(17)25/h4-7,12-14,16,28H,8-11,26H2,1-3H3,(H3,27,29,31)/b7-6-,20-18+,28-22?,30-13?. The monoisotopic (exact) mass is 443 g/mol. The van der Waals surface area contributed by atoms with Gasteiger partial charge in [-0.3, -0.25) is 15.8 Å². The summed E-state index contributed by atoms with van der Waals surface area (Å²) in [7, 11) is 2.05. The summed E-state index contributed by atoms with van der Waals surface area (Å²) in [6.07, 6.45) is 5.95. The second-order valence-electron chi connectivity index (χ2n) is 8.09. The molecule has 1 aliphatic heterocycles. The molecular formula is C23H31F2N7. The van der Waals surface area contributed by atoms with E-state index in [4.69, 9.17) is 22.3 Å². The van der Waals surface area contributed by atoms with Crippen molar-refractivity contribution in [3.63, 3.8) is 0 Å². The van der Waals surface area contributed by atoms with E-state index in [1.54, 1.807) is 0 Å². The zero-order valence-electron chi connectivity index (χ0n) is 18.7. The number of piperidine rings is 1. The predicted octanol–water partition coefficient (Wildman–Crippen LogP) is 3.26. The molecular weight excluding hydrogens is 412 g/mol. The molecule has 0 unspecified atom stereocenters. The predicted molar refractivity (Wildman–Crippen MR) is 127 cm³/mol. The van der Waals surface area contributed by atoms with Gasteiger partial charge in [-0.25, -0.2) is 13.8 Å². The normalized spacial score (nSPS) is 17.4. The topological polar surface area (TPSA) is 128 Å². The molecule has 1 saturated heterocycles. The number of halogens is 2. The lowest BCUT2D eigenvalue weighted by molar-refractivity contribution is 0.257. The van der Waals surface area contributed by atoms with Crippen molar-refractivity contribution in [3.8, 4) is 0 Å². The average molecular weight is 444 g/mol. The maximum absolute atomic E-state index is 14.3. The number of nitrogens with one attached hydrogen (secondary N) is 2. The van der Waals surface area contributed by atoms with Crippen LogP contribution in [0.4, 0.5) is 8.78 Å². The van der Waals surface area contributed by atoms with Crippen molar-refractivity contribution < 1.29 is 8.78 Å². The number of likely N-dealkylation sites (tertiary alicyclic amines) is 1. The van der Waals surface area contributed by atoms with Crippen LogP contribution in [0.25, 0.3) is 0 Å². The SMILES string of the molecule is CC(C)C(N)=NC(=N)/C=C\C(N)=C(\C=NC1CCN(C)CC1)C(=N)c1ccc(F)cc1F. The van der Waals surface area contributed by atoms with Gasteiger partial charge in [0.05, 0.1) is 11.8 Å². The first-order chi connectivity index (χ1) is 15.1. The van der Waals surface area contributed by atoms with Crippen molar-refractivity contribution >= 4 is 23.6 Å². The molecule has 1 aromatic carbocycles. The molecule has 9 heteroatoms. The molecule has 7 nitrogen and oxygen atoms in total. The second-order valence-corrected chi connectivity index (χ2v) is 8.09. The highest BCUT2D eigenvalue weighted by Crippen LogP contribution is 2.17. The number of benzene rings is 1. The maximum Gasteiger partial charge on any atom is 0.146 e. The number of hydrogen-bond donors (Lipinski definition) is 4. The van der Waals surface area contributed by atoms with Crippen molar-refractivity contribution in [1.82, 2.24) is 4.90 Å². The molecule has 2 rings (SSSR count). The van der Waals surface area contributed by atoms with Crippen LogP contribution in [0.5, 0.6) is 0 Å². The number of aliphatic imine (C=N–C) groups is 2. The van der Waals surface area contributed by atoms with Crippen molar-refractivity contribution in [2.24, 2.45) is 27.4 Å². The third-order valence-corrected chi connectivity index (χ3v) is 5.15. The van der Waals surface area contributed by atoms with Crippen LogP contribution in [0.15, 0.2) is 51.6 Å². The molecule has 32 heavy (non-hydrogen) atoms. The molecule has 0 atom stereocenters. The Balaban J connectivity index is 2.37. The van der Waals surface area contributed by atoms with Crippen molar-refractivity contribution in [3.05, 3.63) is 58.8 Å². The number of nitrogens with two attached hydrogens (primary N) is 2. The fourth-order valence-electron chi connectivity index (χ4n) is 3.01. The van der Waals surface area contributed by atoms with Crippen LogP contribution in [0.3, 0.4) is 0 Å². The Morgan fingerprint density at radius 2 is 1.81 bits per heavy atom. The van der Waals surface area contributed by atoms with Gasteiger partial charge in [0, 0.05) is 35.0 Å². The van der Waals surface area contributed by atoms with E-state index in [1.807, 2.05) is 20.9 Å². The molecule has 0 aliphatic carbocycles. The van der Waals surface area contributed by atoms with Gasteiger partial charge in [-0.1, -0.05) is 13.8 Å². The van der Waals surface area contributed by atoms with E-state index in [0.29, 0.717) is 5.84 Å². The molecule has 0 saturated carbocycles. The molecule has 1 heterocycles. The molecule has 0 spiro atoms. The van der Waals surface area contributed by atoms with Gasteiger partial charge < -0.3 is 16.4 Å². The highest BCUT2D eigenvalue weighted by atomic mass is 19.1. The molecule has 0 aromatic heterocycles. The maximum atomic E-state index is 14.3. The number of nitrogens with zero attached hydrogens (tertiary/aromatic N) is 3. The summed E-state index contributed by atoms with van der Waals surface area (Å²) in [5.74, 6) is -1.40. The van der Waals surface area contributed by atoms with Crippen LogP contribution in [0.2, 0.25) is 0 Å². The number of amidine groups is 2. The van der Waals surface area contributed by atoms with Crippen LogP contribution in [-0.4, -0.2) is 54.7 Å². The van der Waals surface area contributed by atoms with Gasteiger partial charge in [0.15, 0.2) is 0 Å². The summed E-state index contributed by atoms with van der Waals surface area (Å²) in [5, 5.41) is 16.4. The van der Waals surface area contributed by atoms with E-state index < -0.39 is 11.6 Å². The third-order valence-electron chi connectivity index (χ3n) is 5.15. The van der Waals surface area contributed by atoms with E-state index in [9.17, 15) is 8.78 Å². The van der Waals surface area contributed by atoms with Gasteiger partial charge in [0.25, 0.3) is 0 Å². The van der Waals surface area contributed by atoms with Crippen molar-refractivity contribution in [1.29, 1.82) is 10.8 Å². The second kappa shape index (κ2) is 11.4. The third kappa shape index (κ3) is 7.19. The highest BCUT2D eigenvalue weighted by Gasteiger charge is 2.18. The van der Waals surface area contributed by atoms with Gasteiger partial charge in [0.2, 0.25) is 0 Å². The largest absolute Gasteiger partial charge is 0.398 e. The van der Waals surface area contributed by atoms with Crippen LogP contribution < -0.4 is 11.5 Å². The number of rotatable bonds is 7. The lowest BCUT2D eigenvalue weighted by Crippen LogP contribution is -2.32. The molecule has 172 valence electrons. The quantitative estimate of drug-likeness (QED) is 0.293. The summed E-state index contributed by atoms with van der Waals surface area (Å²) in [4.78, 5) is 10.8. The molecule has 0 amide bonds. The lowest BCUT2D eigenvalue weighted by Gasteiger charge is -2.26. The van der Waals surface area contributed by atoms with E-state index >= 15 is 0 Å². The first-order valence-electron chi connectivity index (χ1n) is 10.4. The first-order valence-corrected chi connectivity index (χ1v) is 10.4. The van der Waals surface area contributed by atoms with Gasteiger partial charge in [-0.2, -0.15) is 0 Å². The Hall–Kier alpha value is -3.20. The smallest absolute Gasteiger partial charge is 0.146 e. The summed E-state index contributed by atoms with van der Waals surface area (Å²) >= 11 is 0. The van der Waals surface area contributed by atoms with Crippen molar-refractivity contribution in [2.75, 3.05) is 20.1 Å². The van der Waals surface area contributed by atoms with Crippen LogP contribution in [0, 0.1) is 28.4 Å². The van der Waals surface area contributed by atoms with E-state index in [-0.39, 0.29) is 40.3 Å². The minimum atomic E-state index is -0.862. The summed E-state index contributed by atoms with van der Waals surface area (Å²) < 4.78 is 27.6. The van der Waals surface area contributed by atoms with E-state index in [1.165, 1.54) is 24.4 Å². The molecule has 1 aliphatic rings. The molecule has 0 bridgehead atoms. The fraction of sp³-hybridized carbons (Fsp3) is 0.391. The minimum Gasteiger partial charge on any atom is -0.398 e. The van der Waals surface area contributed by atoms with Gasteiger partial charge in [-0.15, -0.1) is 0 Å².